The summed E-state index contributed by atoms with van der Waals surface area (Å²) in [4.78, 5) is 12.5. The number of benzene rings is 1. The zero-order valence-electron chi connectivity index (χ0n) is 12.0. The molecule has 1 unspecified atom stereocenters. The van der Waals surface area contributed by atoms with Crippen LogP contribution in [0.4, 0.5) is 0 Å². The molecule has 1 aliphatic heterocycles. The number of ether oxygens (including phenoxy) is 1. The second-order valence-electron chi connectivity index (χ2n) is 5.89. The van der Waals surface area contributed by atoms with E-state index in [2.05, 4.69) is 5.32 Å². The Morgan fingerprint density at radius 2 is 2.24 bits per heavy atom. The predicted molar refractivity (Wildman–Crippen MR) is 82.3 cm³/mol. The highest BCUT2D eigenvalue weighted by atomic mass is 35.5. The normalized spacial score (nSPS) is 27.8. The van der Waals surface area contributed by atoms with E-state index < -0.39 is 0 Å². The van der Waals surface area contributed by atoms with Crippen LogP contribution in [0.5, 0.6) is 5.75 Å². The highest BCUT2D eigenvalue weighted by Crippen LogP contribution is 2.38. The summed E-state index contributed by atoms with van der Waals surface area (Å²) < 4.78 is 5.63. The highest BCUT2D eigenvalue weighted by molar-refractivity contribution is 6.32. The molecule has 1 aliphatic carbocycles. The number of nitrogens with two attached hydrogens (primary N) is 1. The second kappa shape index (κ2) is 6.24. The molecular weight excluding hydrogens is 288 g/mol. The molecule has 0 spiro atoms. The van der Waals surface area contributed by atoms with Gasteiger partial charge in [-0.3, -0.25) is 4.79 Å². The number of hydrogen-bond acceptors (Lipinski definition) is 3. The smallest absolute Gasteiger partial charge is 0.223 e. The van der Waals surface area contributed by atoms with Crippen LogP contribution in [0.15, 0.2) is 18.2 Å². The van der Waals surface area contributed by atoms with Crippen LogP contribution in [0.1, 0.15) is 37.3 Å². The standard InChI is InChI=1S/C16H21ClN2O2/c17-13-6-2-5-12-14(7-8-21-15(12)13)19-16(20)11-4-1-3-10(11)9-18/h2,5-6,10-11,14H,1,3-4,7-9,18H2,(H,19,20)/t10-,11-,14?/m1/s1. The first-order chi connectivity index (χ1) is 10.2. The lowest BCUT2D eigenvalue weighted by atomic mass is 9.93. The van der Waals surface area contributed by atoms with Crippen molar-refractivity contribution in [1.29, 1.82) is 0 Å². The van der Waals surface area contributed by atoms with Gasteiger partial charge in [-0.2, -0.15) is 0 Å². The van der Waals surface area contributed by atoms with Crippen LogP contribution in [0.25, 0.3) is 0 Å². The number of fused-ring (bicyclic) bond motifs is 1. The minimum absolute atomic E-state index is 0.0148. The maximum Gasteiger partial charge on any atom is 0.223 e. The monoisotopic (exact) mass is 308 g/mol. The van der Waals surface area contributed by atoms with Gasteiger partial charge in [0.05, 0.1) is 17.7 Å². The van der Waals surface area contributed by atoms with Crippen molar-refractivity contribution in [3.63, 3.8) is 0 Å². The number of nitrogens with one attached hydrogen (secondary N) is 1. The van der Waals surface area contributed by atoms with E-state index in [1.54, 1.807) is 0 Å². The Balaban J connectivity index is 1.75. The summed E-state index contributed by atoms with van der Waals surface area (Å²) >= 11 is 6.16. The highest BCUT2D eigenvalue weighted by Gasteiger charge is 2.34. The first kappa shape index (κ1) is 14.7. The lowest BCUT2D eigenvalue weighted by Gasteiger charge is -2.29. The fourth-order valence-electron chi connectivity index (χ4n) is 3.48. The molecule has 0 bridgehead atoms. The average molecular weight is 309 g/mol. The third kappa shape index (κ3) is 2.87. The zero-order chi connectivity index (χ0) is 14.8. The van der Waals surface area contributed by atoms with Crippen LogP contribution in [-0.4, -0.2) is 19.1 Å². The Kier molecular flexibility index (Phi) is 4.36. The van der Waals surface area contributed by atoms with Gasteiger partial charge >= 0.3 is 0 Å². The van der Waals surface area contributed by atoms with Crippen molar-refractivity contribution < 1.29 is 9.53 Å². The average Bonchev–Trinajstić information content (AvgIpc) is 2.97. The molecule has 3 N–H and O–H groups in total. The van der Waals surface area contributed by atoms with E-state index in [-0.39, 0.29) is 17.9 Å². The lowest BCUT2D eigenvalue weighted by Crippen LogP contribution is -2.38. The van der Waals surface area contributed by atoms with Crippen molar-refractivity contribution in [1.82, 2.24) is 5.32 Å². The molecule has 0 aromatic heterocycles. The van der Waals surface area contributed by atoms with Gasteiger partial charge in [-0.05, 0) is 31.4 Å². The first-order valence-corrected chi connectivity index (χ1v) is 8.00. The van der Waals surface area contributed by atoms with Gasteiger partial charge in [-0.15, -0.1) is 0 Å². The summed E-state index contributed by atoms with van der Waals surface area (Å²) in [6, 6.07) is 5.67. The Bertz CT molecular complexity index is 535. The van der Waals surface area contributed by atoms with E-state index in [4.69, 9.17) is 22.1 Å². The minimum Gasteiger partial charge on any atom is -0.492 e. The molecule has 3 atom stereocenters. The molecule has 1 aromatic carbocycles. The van der Waals surface area contributed by atoms with Crippen LogP contribution in [0.3, 0.4) is 0 Å². The van der Waals surface area contributed by atoms with Gasteiger partial charge in [0.2, 0.25) is 5.91 Å². The van der Waals surface area contributed by atoms with Gasteiger partial charge in [-0.25, -0.2) is 0 Å². The van der Waals surface area contributed by atoms with Crippen LogP contribution in [-0.2, 0) is 4.79 Å². The first-order valence-electron chi connectivity index (χ1n) is 7.62. The van der Waals surface area contributed by atoms with Crippen molar-refractivity contribution in [2.45, 2.75) is 31.7 Å². The van der Waals surface area contributed by atoms with Gasteiger partial charge in [0.1, 0.15) is 5.75 Å². The van der Waals surface area contributed by atoms with E-state index in [1.807, 2.05) is 18.2 Å². The van der Waals surface area contributed by atoms with Crippen LogP contribution >= 0.6 is 11.6 Å². The van der Waals surface area contributed by atoms with E-state index >= 15 is 0 Å². The summed E-state index contributed by atoms with van der Waals surface area (Å²) in [6.45, 7) is 1.17. The zero-order valence-corrected chi connectivity index (χ0v) is 12.7. The SMILES string of the molecule is NC[C@H]1CCC[C@H]1C(=O)NC1CCOc2c(Cl)cccc21. The molecular formula is C16H21ClN2O2. The largest absolute Gasteiger partial charge is 0.492 e. The van der Waals surface area contributed by atoms with Gasteiger partial charge in [-0.1, -0.05) is 30.2 Å². The topological polar surface area (TPSA) is 64.4 Å². The van der Waals surface area contributed by atoms with E-state index in [0.29, 0.717) is 29.8 Å². The molecule has 1 saturated carbocycles. The van der Waals surface area contributed by atoms with E-state index in [0.717, 1.165) is 31.2 Å². The Morgan fingerprint density at radius 3 is 3.05 bits per heavy atom. The number of halogens is 1. The van der Waals surface area contributed by atoms with Crippen LogP contribution < -0.4 is 15.8 Å². The maximum atomic E-state index is 12.5. The molecule has 1 fully saturated rings. The van der Waals surface area contributed by atoms with Crippen molar-refractivity contribution in [2.75, 3.05) is 13.2 Å². The number of para-hydroxylation sites is 1. The van der Waals surface area contributed by atoms with Gasteiger partial charge in [0.15, 0.2) is 0 Å². The van der Waals surface area contributed by atoms with E-state index in [1.165, 1.54) is 0 Å². The third-order valence-electron chi connectivity index (χ3n) is 4.64. The Hall–Kier alpha value is -1.26. The second-order valence-corrected chi connectivity index (χ2v) is 6.30. The quantitative estimate of drug-likeness (QED) is 0.902. The van der Waals surface area contributed by atoms with Crippen LogP contribution in [0.2, 0.25) is 5.02 Å². The van der Waals surface area contributed by atoms with Crippen molar-refractivity contribution in [3.8, 4) is 5.75 Å². The lowest BCUT2D eigenvalue weighted by molar-refractivity contribution is -0.126. The fourth-order valence-corrected chi connectivity index (χ4v) is 3.72. The number of carbonyl (C=O) groups is 1. The number of carbonyl (C=O) groups excluding carboxylic acids is 1. The molecule has 1 heterocycles. The molecule has 0 saturated heterocycles. The number of rotatable bonds is 3. The molecule has 2 aliphatic rings. The summed E-state index contributed by atoms with van der Waals surface area (Å²) in [5.41, 5.74) is 6.75. The van der Waals surface area contributed by atoms with Gasteiger partial charge in [0.25, 0.3) is 0 Å². The Labute approximate surface area is 130 Å². The number of amides is 1. The van der Waals surface area contributed by atoms with Crippen LogP contribution in [0, 0.1) is 11.8 Å². The third-order valence-corrected chi connectivity index (χ3v) is 4.94. The summed E-state index contributed by atoms with van der Waals surface area (Å²) in [6.07, 6.45) is 3.87. The molecule has 3 rings (SSSR count). The summed E-state index contributed by atoms with van der Waals surface area (Å²) in [5.74, 6) is 1.21. The molecule has 0 radical (unpaired) electrons. The molecule has 114 valence electrons. The molecule has 21 heavy (non-hydrogen) atoms. The molecule has 1 aromatic rings. The minimum atomic E-state index is -0.0148. The molecule has 5 heteroatoms. The van der Waals surface area contributed by atoms with Crippen molar-refractivity contribution in [3.05, 3.63) is 28.8 Å². The molecule has 1 amide bonds. The summed E-state index contributed by atoms with van der Waals surface area (Å²) in [7, 11) is 0. The molecule has 4 nitrogen and oxygen atoms in total. The summed E-state index contributed by atoms with van der Waals surface area (Å²) in [5, 5.41) is 3.78. The van der Waals surface area contributed by atoms with Gasteiger partial charge in [0, 0.05) is 17.9 Å². The van der Waals surface area contributed by atoms with E-state index in [9.17, 15) is 4.79 Å². The van der Waals surface area contributed by atoms with Crippen molar-refractivity contribution in [2.24, 2.45) is 17.6 Å². The van der Waals surface area contributed by atoms with Gasteiger partial charge < -0.3 is 15.8 Å². The number of hydrogen-bond donors (Lipinski definition) is 2. The van der Waals surface area contributed by atoms with Crippen molar-refractivity contribution >= 4 is 17.5 Å². The predicted octanol–water partition coefficient (Wildman–Crippen LogP) is 2.65. The fraction of sp³-hybridized carbons (Fsp3) is 0.562. The maximum absolute atomic E-state index is 12.5. The Morgan fingerprint density at radius 1 is 1.38 bits per heavy atom.